The number of halogens is 1. The molecular weight excluding hydrogens is 398 g/mol. The normalized spacial score (nSPS) is 16.3. The van der Waals surface area contributed by atoms with Crippen LogP contribution in [0.1, 0.15) is 28.8 Å². The van der Waals surface area contributed by atoms with Crippen LogP contribution in [0.15, 0.2) is 46.9 Å². The summed E-state index contributed by atoms with van der Waals surface area (Å²) in [5.41, 5.74) is 1.57. The number of methoxy groups -OCH3 is 1. The molecule has 0 radical (unpaired) electrons. The fourth-order valence-electron chi connectivity index (χ4n) is 2.83. The van der Waals surface area contributed by atoms with Crippen LogP contribution in [0.25, 0.3) is 0 Å². The highest BCUT2D eigenvalue weighted by molar-refractivity contribution is 9.10. The molecule has 26 heavy (non-hydrogen) atoms. The molecule has 1 heterocycles. The number of hydrogen-bond donors (Lipinski definition) is 1. The molecule has 3 rings (SSSR count). The van der Waals surface area contributed by atoms with Crippen LogP contribution in [-0.4, -0.2) is 32.3 Å². The van der Waals surface area contributed by atoms with E-state index in [1.807, 2.05) is 30.3 Å². The van der Waals surface area contributed by atoms with E-state index in [9.17, 15) is 4.79 Å². The molecule has 0 saturated carbocycles. The number of carbonyl (C=O) groups excluding carboxylic acids is 1. The third kappa shape index (κ3) is 4.77. The lowest BCUT2D eigenvalue weighted by Gasteiger charge is -2.15. The van der Waals surface area contributed by atoms with E-state index in [1.165, 1.54) is 0 Å². The molecule has 0 unspecified atom stereocenters. The van der Waals surface area contributed by atoms with Crippen molar-refractivity contribution < 1.29 is 19.0 Å². The standard InChI is InChI=1S/C20H22BrNO4/c1-24-18-11-15(20(23)22-12-16-8-5-9-25-16)10-17(21)19(18)26-13-14-6-3-2-4-7-14/h2-4,6-7,10-11,16H,5,8-9,12-13H2,1H3,(H,22,23)/t16-/m1/s1. The Labute approximate surface area is 161 Å². The zero-order chi connectivity index (χ0) is 18.4. The van der Waals surface area contributed by atoms with Gasteiger partial charge in [-0.25, -0.2) is 0 Å². The molecule has 1 aliphatic heterocycles. The minimum Gasteiger partial charge on any atom is -0.493 e. The zero-order valence-electron chi connectivity index (χ0n) is 14.7. The van der Waals surface area contributed by atoms with Crippen molar-refractivity contribution in [2.45, 2.75) is 25.6 Å². The zero-order valence-corrected chi connectivity index (χ0v) is 16.3. The summed E-state index contributed by atoms with van der Waals surface area (Å²) in [6.45, 7) is 1.71. The first-order valence-electron chi connectivity index (χ1n) is 8.61. The number of nitrogens with one attached hydrogen (secondary N) is 1. The second kappa shape index (κ2) is 9.05. The van der Waals surface area contributed by atoms with Gasteiger partial charge in [-0.15, -0.1) is 0 Å². The van der Waals surface area contributed by atoms with Gasteiger partial charge in [-0.1, -0.05) is 30.3 Å². The van der Waals surface area contributed by atoms with E-state index in [0.29, 0.717) is 34.7 Å². The topological polar surface area (TPSA) is 56.8 Å². The molecular formula is C20H22BrNO4. The van der Waals surface area contributed by atoms with Crippen molar-refractivity contribution >= 4 is 21.8 Å². The summed E-state index contributed by atoms with van der Waals surface area (Å²) >= 11 is 3.49. The van der Waals surface area contributed by atoms with Gasteiger partial charge >= 0.3 is 0 Å². The van der Waals surface area contributed by atoms with E-state index in [-0.39, 0.29) is 12.0 Å². The highest BCUT2D eigenvalue weighted by atomic mass is 79.9. The molecule has 1 atom stereocenters. The smallest absolute Gasteiger partial charge is 0.251 e. The molecule has 1 N–H and O–H groups in total. The van der Waals surface area contributed by atoms with Crippen LogP contribution in [-0.2, 0) is 11.3 Å². The van der Waals surface area contributed by atoms with E-state index in [4.69, 9.17) is 14.2 Å². The SMILES string of the molecule is COc1cc(C(=O)NC[C@H]2CCCO2)cc(Br)c1OCc1ccccc1. The van der Waals surface area contributed by atoms with Gasteiger partial charge in [0.2, 0.25) is 0 Å². The molecule has 0 bridgehead atoms. The van der Waals surface area contributed by atoms with Crippen molar-refractivity contribution in [3.8, 4) is 11.5 Å². The van der Waals surface area contributed by atoms with Crippen LogP contribution in [0, 0.1) is 0 Å². The van der Waals surface area contributed by atoms with Gasteiger partial charge < -0.3 is 19.5 Å². The molecule has 0 aromatic heterocycles. The lowest BCUT2D eigenvalue weighted by atomic mass is 10.1. The Hall–Kier alpha value is -2.05. The first-order chi connectivity index (χ1) is 12.7. The molecule has 0 spiro atoms. The van der Waals surface area contributed by atoms with Gasteiger partial charge in [0.05, 0.1) is 17.7 Å². The summed E-state index contributed by atoms with van der Waals surface area (Å²) in [6, 6.07) is 13.3. The van der Waals surface area contributed by atoms with Crippen molar-refractivity contribution in [3.05, 3.63) is 58.1 Å². The van der Waals surface area contributed by atoms with Crippen LogP contribution in [0.4, 0.5) is 0 Å². The third-order valence-corrected chi connectivity index (χ3v) is 4.82. The number of hydrogen-bond acceptors (Lipinski definition) is 4. The predicted octanol–water partition coefficient (Wildman–Crippen LogP) is 3.95. The van der Waals surface area contributed by atoms with Crippen LogP contribution in [0.2, 0.25) is 0 Å². The van der Waals surface area contributed by atoms with Crippen molar-refractivity contribution in [3.63, 3.8) is 0 Å². The van der Waals surface area contributed by atoms with Gasteiger partial charge in [0.1, 0.15) is 6.61 Å². The Morgan fingerprint density at radius 3 is 2.81 bits per heavy atom. The summed E-state index contributed by atoms with van der Waals surface area (Å²) in [6.07, 6.45) is 2.14. The average Bonchev–Trinajstić information content (AvgIpc) is 3.19. The van der Waals surface area contributed by atoms with Crippen LogP contribution in [0.5, 0.6) is 11.5 Å². The Balaban J connectivity index is 1.68. The number of amides is 1. The first-order valence-corrected chi connectivity index (χ1v) is 9.40. The summed E-state index contributed by atoms with van der Waals surface area (Å²) in [5, 5.41) is 2.92. The maximum absolute atomic E-state index is 12.4. The maximum Gasteiger partial charge on any atom is 0.251 e. The van der Waals surface area contributed by atoms with E-state index in [1.54, 1.807) is 19.2 Å². The fraction of sp³-hybridized carbons (Fsp3) is 0.350. The molecule has 1 saturated heterocycles. The lowest BCUT2D eigenvalue weighted by Crippen LogP contribution is -2.31. The van der Waals surface area contributed by atoms with Crippen molar-refractivity contribution in [2.24, 2.45) is 0 Å². The quantitative estimate of drug-likeness (QED) is 0.737. The minimum absolute atomic E-state index is 0.109. The van der Waals surface area contributed by atoms with Gasteiger partial charge in [0, 0.05) is 18.7 Å². The van der Waals surface area contributed by atoms with Crippen LogP contribution in [0.3, 0.4) is 0 Å². The first kappa shape index (κ1) is 18.7. The maximum atomic E-state index is 12.4. The predicted molar refractivity (Wildman–Crippen MR) is 103 cm³/mol. The summed E-state index contributed by atoms with van der Waals surface area (Å²) in [4.78, 5) is 12.4. The Morgan fingerprint density at radius 1 is 1.31 bits per heavy atom. The van der Waals surface area contributed by atoms with E-state index >= 15 is 0 Å². The van der Waals surface area contributed by atoms with Crippen LogP contribution >= 0.6 is 15.9 Å². The Morgan fingerprint density at radius 2 is 2.12 bits per heavy atom. The van der Waals surface area contributed by atoms with Gasteiger partial charge in [-0.3, -0.25) is 4.79 Å². The van der Waals surface area contributed by atoms with Gasteiger partial charge in [0.25, 0.3) is 5.91 Å². The molecule has 138 valence electrons. The summed E-state index contributed by atoms with van der Waals surface area (Å²) in [7, 11) is 1.56. The van der Waals surface area contributed by atoms with Gasteiger partial charge in [-0.05, 0) is 46.5 Å². The van der Waals surface area contributed by atoms with Gasteiger partial charge in [-0.2, -0.15) is 0 Å². The Kier molecular flexibility index (Phi) is 6.52. The molecule has 1 amide bonds. The minimum atomic E-state index is -0.158. The number of rotatable bonds is 7. The second-order valence-electron chi connectivity index (χ2n) is 6.11. The van der Waals surface area contributed by atoms with Crippen molar-refractivity contribution in [1.82, 2.24) is 5.32 Å². The monoisotopic (exact) mass is 419 g/mol. The third-order valence-electron chi connectivity index (χ3n) is 4.23. The highest BCUT2D eigenvalue weighted by Crippen LogP contribution is 2.37. The average molecular weight is 420 g/mol. The van der Waals surface area contributed by atoms with Crippen molar-refractivity contribution in [2.75, 3.05) is 20.3 Å². The molecule has 2 aromatic carbocycles. The van der Waals surface area contributed by atoms with E-state index in [2.05, 4.69) is 21.2 Å². The highest BCUT2D eigenvalue weighted by Gasteiger charge is 2.19. The molecule has 1 aliphatic rings. The molecule has 5 nitrogen and oxygen atoms in total. The molecule has 1 fully saturated rings. The molecule has 6 heteroatoms. The number of carbonyl (C=O) groups is 1. The van der Waals surface area contributed by atoms with E-state index < -0.39 is 0 Å². The van der Waals surface area contributed by atoms with Gasteiger partial charge in [0.15, 0.2) is 11.5 Å². The largest absolute Gasteiger partial charge is 0.493 e. The molecule has 0 aliphatic carbocycles. The van der Waals surface area contributed by atoms with Crippen LogP contribution < -0.4 is 14.8 Å². The lowest BCUT2D eigenvalue weighted by molar-refractivity contribution is 0.0857. The van der Waals surface area contributed by atoms with E-state index in [0.717, 1.165) is 25.0 Å². The fourth-order valence-corrected chi connectivity index (χ4v) is 3.39. The summed E-state index contributed by atoms with van der Waals surface area (Å²) < 4.78 is 17.5. The molecule has 2 aromatic rings. The summed E-state index contributed by atoms with van der Waals surface area (Å²) in [5.74, 6) is 0.929. The number of ether oxygens (including phenoxy) is 3. The van der Waals surface area contributed by atoms with Crippen molar-refractivity contribution in [1.29, 1.82) is 0 Å². The number of benzene rings is 2. The Bertz CT molecular complexity index is 745. The second-order valence-corrected chi connectivity index (χ2v) is 6.96.